The Kier molecular flexibility index (Phi) is 7.53. The Bertz CT molecular complexity index is 749. The minimum Gasteiger partial charge on any atom is -0.462 e. The Balaban J connectivity index is 1.96. The smallest absolute Gasteiger partial charge is 0.341 e. The fourth-order valence-corrected chi connectivity index (χ4v) is 3.34. The van der Waals surface area contributed by atoms with Crippen LogP contribution in [0.1, 0.15) is 45.6 Å². The number of aliphatic hydroxyl groups is 2. The molecular weight excluding hydrogens is 346 g/mol. The zero-order valence-electron chi connectivity index (χ0n) is 16.4. The number of hydrogen-bond acceptors (Lipinski definition) is 6. The first kappa shape index (κ1) is 21.1. The third-order valence-corrected chi connectivity index (χ3v) is 4.41. The van der Waals surface area contributed by atoms with Crippen molar-refractivity contribution in [2.45, 2.75) is 46.4 Å². The van der Waals surface area contributed by atoms with E-state index in [9.17, 15) is 15.0 Å². The number of aliphatic hydroxyl groups excluding tert-OH is 2. The molecule has 0 aliphatic carbocycles. The molecule has 0 aliphatic rings. The van der Waals surface area contributed by atoms with Crippen molar-refractivity contribution in [3.05, 3.63) is 52.3 Å². The van der Waals surface area contributed by atoms with Crippen LogP contribution in [0, 0.1) is 20.8 Å². The number of rotatable bonds is 9. The second-order valence-corrected chi connectivity index (χ2v) is 6.78. The number of carbonyl (C=O) groups is 1. The van der Waals surface area contributed by atoms with Crippen molar-refractivity contribution in [1.29, 1.82) is 0 Å². The molecule has 27 heavy (non-hydrogen) atoms. The number of aromatic nitrogens is 2. The molecule has 1 heterocycles. The maximum absolute atomic E-state index is 11.7. The van der Waals surface area contributed by atoms with Crippen molar-refractivity contribution >= 4 is 5.97 Å². The van der Waals surface area contributed by atoms with Gasteiger partial charge in [0.15, 0.2) is 0 Å². The minimum absolute atomic E-state index is 0.0633. The van der Waals surface area contributed by atoms with Crippen LogP contribution in [0.3, 0.4) is 0 Å². The van der Waals surface area contributed by atoms with Crippen LogP contribution in [-0.4, -0.2) is 51.8 Å². The van der Waals surface area contributed by atoms with Crippen LogP contribution in [0.5, 0.6) is 0 Å². The molecule has 0 saturated heterocycles. The topological polar surface area (TPSA) is 96.6 Å². The largest absolute Gasteiger partial charge is 0.462 e. The number of benzene rings is 1. The molecule has 148 valence electrons. The van der Waals surface area contributed by atoms with Gasteiger partial charge in [-0.25, -0.2) is 4.79 Å². The van der Waals surface area contributed by atoms with Crippen molar-refractivity contribution in [2.75, 3.05) is 19.8 Å². The van der Waals surface area contributed by atoms with Gasteiger partial charge in [0.25, 0.3) is 0 Å². The molecule has 2 rings (SSSR count). The fourth-order valence-electron chi connectivity index (χ4n) is 3.34. The summed E-state index contributed by atoms with van der Waals surface area (Å²) in [7, 11) is 0. The van der Waals surface area contributed by atoms with E-state index < -0.39 is 12.1 Å². The zero-order chi connectivity index (χ0) is 20.0. The molecular formula is C20H29N3O4. The third kappa shape index (κ3) is 5.63. The van der Waals surface area contributed by atoms with Crippen molar-refractivity contribution in [3.8, 4) is 0 Å². The van der Waals surface area contributed by atoms with E-state index in [0.717, 1.165) is 16.7 Å². The summed E-state index contributed by atoms with van der Waals surface area (Å²) in [5.41, 5.74) is 4.82. The van der Waals surface area contributed by atoms with Crippen LogP contribution >= 0.6 is 0 Å². The van der Waals surface area contributed by atoms with Crippen LogP contribution < -0.4 is 5.32 Å². The number of nitrogens with zero attached hydrogens (tertiary/aromatic N) is 2. The molecule has 1 aromatic carbocycles. The predicted octanol–water partition coefficient (Wildman–Crippen LogP) is 1.67. The van der Waals surface area contributed by atoms with Crippen molar-refractivity contribution in [1.82, 2.24) is 15.1 Å². The SMILES string of the molecule is CCOC(=O)c1cnn(CC(O)CNC(CO)c2c(C)cc(C)cc2C)c1. The van der Waals surface area contributed by atoms with Gasteiger partial charge in [0.2, 0.25) is 0 Å². The molecule has 2 unspecified atom stereocenters. The number of hydrogen-bond donors (Lipinski definition) is 3. The molecule has 0 bridgehead atoms. The van der Waals surface area contributed by atoms with Crippen LogP contribution in [-0.2, 0) is 11.3 Å². The van der Waals surface area contributed by atoms with Crippen molar-refractivity contribution < 1.29 is 19.7 Å². The fraction of sp³-hybridized carbons (Fsp3) is 0.500. The van der Waals surface area contributed by atoms with Crippen LogP contribution in [0.15, 0.2) is 24.5 Å². The quantitative estimate of drug-likeness (QED) is 0.577. The highest BCUT2D eigenvalue weighted by atomic mass is 16.5. The van der Waals surface area contributed by atoms with E-state index in [1.807, 2.05) is 20.8 Å². The van der Waals surface area contributed by atoms with Crippen LogP contribution in [0.4, 0.5) is 0 Å². The molecule has 0 amide bonds. The second kappa shape index (κ2) is 9.64. The summed E-state index contributed by atoms with van der Waals surface area (Å²) in [6, 6.07) is 3.92. The average Bonchev–Trinajstić information content (AvgIpc) is 3.05. The molecule has 1 aromatic heterocycles. The monoisotopic (exact) mass is 375 g/mol. The van der Waals surface area contributed by atoms with Crippen molar-refractivity contribution in [3.63, 3.8) is 0 Å². The molecule has 3 N–H and O–H groups in total. The van der Waals surface area contributed by atoms with Gasteiger partial charge in [-0.3, -0.25) is 4.68 Å². The number of ether oxygens (including phenoxy) is 1. The lowest BCUT2D eigenvalue weighted by Gasteiger charge is -2.23. The van der Waals surface area contributed by atoms with Gasteiger partial charge in [0, 0.05) is 12.7 Å². The number of nitrogens with one attached hydrogen (secondary N) is 1. The van der Waals surface area contributed by atoms with Gasteiger partial charge in [-0.1, -0.05) is 17.7 Å². The average molecular weight is 375 g/mol. The van der Waals surface area contributed by atoms with E-state index in [-0.39, 0.29) is 25.7 Å². The van der Waals surface area contributed by atoms with E-state index in [2.05, 4.69) is 22.5 Å². The van der Waals surface area contributed by atoms with Gasteiger partial charge >= 0.3 is 5.97 Å². The molecule has 0 spiro atoms. The molecule has 0 saturated carbocycles. The molecule has 2 atom stereocenters. The maximum atomic E-state index is 11.7. The minimum atomic E-state index is -0.722. The van der Waals surface area contributed by atoms with Crippen LogP contribution in [0.25, 0.3) is 0 Å². The standard InChI is InChI=1S/C20H29N3O4/c1-5-27-20(26)16-8-22-23(10-16)11-17(25)9-21-18(12-24)19-14(3)6-13(2)7-15(19)4/h6-8,10,17-18,21,24-25H,5,9,11-12H2,1-4H3. The summed E-state index contributed by atoms with van der Waals surface area (Å²) in [6.07, 6.45) is 2.26. The highest BCUT2D eigenvalue weighted by Crippen LogP contribution is 2.23. The summed E-state index contributed by atoms with van der Waals surface area (Å²) >= 11 is 0. The second-order valence-electron chi connectivity index (χ2n) is 6.78. The molecule has 0 fully saturated rings. The first-order chi connectivity index (χ1) is 12.8. The van der Waals surface area contributed by atoms with E-state index in [1.165, 1.54) is 16.4 Å². The number of carbonyl (C=O) groups excluding carboxylic acids is 1. The lowest BCUT2D eigenvalue weighted by Crippen LogP contribution is -2.35. The van der Waals surface area contributed by atoms with Gasteiger partial charge in [-0.15, -0.1) is 0 Å². The zero-order valence-corrected chi connectivity index (χ0v) is 16.4. The Morgan fingerprint density at radius 1 is 1.30 bits per heavy atom. The first-order valence-electron chi connectivity index (χ1n) is 9.15. The number of esters is 1. The van der Waals surface area contributed by atoms with E-state index in [0.29, 0.717) is 12.2 Å². The Morgan fingerprint density at radius 3 is 2.56 bits per heavy atom. The predicted molar refractivity (Wildman–Crippen MR) is 103 cm³/mol. The van der Waals surface area contributed by atoms with Gasteiger partial charge in [0.1, 0.15) is 0 Å². The summed E-state index contributed by atoms with van der Waals surface area (Å²) < 4.78 is 6.43. The molecule has 0 radical (unpaired) electrons. The lowest BCUT2D eigenvalue weighted by molar-refractivity contribution is 0.0526. The summed E-state index contributed by atoms with van der Waals surface area (Å²) in [6.45, 7) is 8.59. The highest BCUT2D eigenvalue weighted by molar-refractivity contribution is 5.88. The molecule has 0 aliphatic heterocycles. The van der Waals surface area contributed by atoms with Gasteiger partial charge in [0.05, 0.1) is 43.7 Å². The van der Waals surface area contributed by atoms with Crippen molar-refractivity contribution in [2.24, 2.45) is 0 Å². The van der Waals surface area contributed by atoms with Gasteiger partial charge in [-0.2, -0.15) is 5.10 Å². The molecule has 7 nitrogen and oxygen atoms in total. The van der Waals surface area contributed by atoms with Gasteiger partial charge in [-0.05, 0) is 44.4 Å². The van der Waals surface area contributed by atoms with E-state index in [1.54, 1.807) is 13.1 Å². The number of aryl methyl sites for hydroxylation is 3. The Hall–Kier alpha value is -2.22. The lowest BCUT2D eigenvalue weighted by atomic mass is 9.94. The first-order valence-corrected chi connectivity index (χ1v) is 9.15. The third-order valence-electron chi connectivity index (χ3n) is 4.41. The maximum Gasteiger partial charge on any atom is 0.341 e. The summed E-state index contributed by atoms with van der Waals surface area (Å²) in [4.78, 5) is 11.7. The van der Waals surface area contributed by atoms with E-state index >= 15 is 0 Å². The van der Waals surface area contributed by atoms with E-state index in [4.69, 9.17) is 4.74 Å². The highest BCUT2D eigenvalue weighted by Gasteiger charge is 2.18. The Labute approximate surface area is 160 Å². The Morgan fingerprint density at radius 2 is 1.96 bits per heavy atom. The van der Waals surface area contributed by atoms with Crippen LogP contribution in [0.2, 0.25) is 0 Å². The van der Waals surface area contributed by atoms with Gasteiger partial charge < -0.3 is 20.3 Å². The summed E-state index contributed by atoms with van der Waals surface area (Å²) in [5.74, 6) is -0.429. The molecule has 2 aromatic rings. The summed E-state index contributed by atoms with van der Waals surface area (Å²) in [5, 5.41) is 27.4. The molecule has 7 heteroatoms. The normalized spacial score (nSPS) is 13.4.